The minimum atomic E-state index is 0.0698. The van der Waals surface area contributed by atoms with Crippen molar-refractivity contribution >= 4 is 5.91 Å². The zero-order chi connectivity index (χ0) is 13.8. The van der Waals surface area contributed by atoms with Crippen LogP contribution in [-0.2, 0) is 4.79 Å². The molecule has 1 aliphatic carbocycles. The van der Waals surface area contributed by atoms with Crippen molar-refractivity contribution in [1.29, 1.82) is 0 Å². The van der Waals surface area contributed by atoms with Gasteiger partial charge in [-0.2, -0.15) is 0 Å². The normalized spacial score (nSPS) is 15.9. The molecule has 1 saturated carbocycles. The Labute approximate surface area is 114 Å². The first-order chi connectivity index (χ1) is 9.10. The fourth-order valence-corrected chi connectivity index (χ4v) is 2.04. The number of hydrogen-bond acceptors (Lipinski definition) is 3. The van der Waals surface area contributed by atoms with Crippen LogP contribution in [0.2, 0.25) is 0 Å². The van der Waals surface area contributed by atoms with E-state index in [9.17, 15) is 4.79 Å². The zero-order valence-electron chi connectivity index (χ0n) is 11.8. The predicted octanol–water partition coefficient (Wildman–Crippen LogP) is 1.93. The Morgan fingerprint density at radius 2 is 2.21 bits per heavy atom. The van der Waals surface area contributed by atoms with Crippen LogP contribution in [0.15, 0.2) is 18.2 Å². The predicted molar refractivity (Wildman–Crippen MR) is 75.3 cm³/mol. The van der Waals surface area contributed by atoms with E-state index >= 15 is 0 Å². The van der Waals surface area contributed by atoms with Crippen LogP contribution in [0, 0.1) is 6.92 Å². The Morgan fingerprint density at radius 3 is 2.84 bits per heavy atom. The molecule has 2 rings (SSSR count). The summed E-state index contributed by atoms with van der Waals surface area (Å²) in [5, 5.41) is 6.20. The second-order valence-electron chi connectivity index (χ2n) is 5.19. The number of carbonyl (C=O) groups excluding carboxylic acids is 1. The Balaban J connectivity index is 1.91. The molecule has 1 aromatic rings. The van der Waals surface area contributed by atoms with Crippen molar-refractivity contribution in [2.45, 2.75) is 38.8 Å². The van der Waals surface area contributed by atoms with E-state index < -0.39 is 0 Å². The minimum Gasteiger partial charge on any atom is -0.496 e. The molecule has 1 atom stereocenters. The lowest BCUT2D eigenvalue weighted by Gasteiger charge is -2.17. The van der Waals surface area contributed by atoms with Gasteiger partial charge in [0.15, 0.2) is 0 Å². The molecule has 0 bridgehead atoms. The van der Waals surface area contributed by atoms with Gasteiger partial charge in [0.1, 0.15) is 5.75 Å². The van der Waals surface area contributed by atoms with Gasteiger partial charge in [0.2, 0.25) is 5.91 Å². The van der Waals surface area contributed by atoms with Gasteiger partial charge < -0.3 is 15.4 Å². The van der Waals surface area contributed by atoms with Crippen LogP contribution in [0.4, 0.5) is 0 Å². The standard InChI is InChI=1S/C15H22N2O2/c1-10-4-7-13(14(8-10)19-3)11(2)16-9-15(18)17-12-5-6-12/h4,7-8,11-12,16H,5-6,9H2,1-3H3,(H,17,18). The molecule has 1 aromatic carbocycles. The van der Waals surface area contributed by atoms with Crippen molar-refractivity contribution in [3.63, 3.8) is 0 Å². The maximum atomic E-state index is 11.6. The number of nitrogens with one attached hydrogen (secondary N) is 2. The number of rotatable bonds is 6. The van der Waals surface area contributed by atoms with E-state index in [0.717, 1.165) is 24.2 Å². The molecule has 4 nitrogen and oxygen atoms in total. The lowest BCUT2D eigenvalue weighted by Crippen LogP contribution is -2.36. The number of aryl methyl sites for hydroxylation is 1. The topological polar surface area (TPSA) is 50.4 Å². The highest BCUT2D eigenvalue weighted by molar-refractivity contribution is 5.78. The maximum Gasteiger partial charge on any atom is 0.234 e. The molecule has 1 unspecified atom stereocenters. The fraction of sp³-hybridized carbons (Fsp3) is 0.533. The van der Waals surface area contributed by atoms with Crippen molar-refractivity contribution in [2.24, 2.45) is 0 Å². The molecule has 19 heavy (non-hydrogen) atoms. The molecule has 4 heteroatoms. The van der Waals surface area contributed by atoms with Crippen molar-refractivity contribution in [3.8, 4) is 5.75 Å². The molecule has 0 radical (unpaired) electrons. The van der Waals surface area contributed by atoms with Crippen LogP contribution < -0.4 is 15.4 Å². The highest BCUT2D eigenvalue weighted by atomic mass is 16.5. The molecule has 1 aliphatic rings. The van der Waals surface area contributed by atoms with E-state index in [1.807, 2.05) is 26.0 Å². The van der Waals surface area contributed by atoms with Crippen LogP contribution in [0.5, 0.6) is 5.75 Å². The maximum absolute atomic E-state index is 11.6. The number of ether oxygens (including phenoxy) is 1. The first-order valence-corrected chi connectivity index (χ1v) is 6.77. The molecular formula is C15H22N2O2. The first kappa shape index (κ1) is 13.9. The molecule has 0 spiro atoms. The largest absolute Gasteiger partial charge is 0.496 e. The number of benzene rings is 1. The van der Waals surface area contributed by atoms with E-state index in [0.29, 0.717) is 12.6 Å². The average Bonchev–Trinajstić information content (AvgIpc) is 3.19. The third-order valence-corrected chi connectivity index (χ3v) is 3.37. The van der Waals surface area contributed by atoms with Crippen LogP contribution in [0.1, 0.15) is 36.9 Å². The SMILES string of the molecule is COc1cc(C)ccc1C(C)NCC(=O)NC1CC1. The Kier molecular flexibility index (Phi) is 4.43. The van der Waals surface area contributed by atoms with Crippen molar-refractivity contribution < 1.29 is 9.53 Å². The monoisotopic (exact) mass is 262 g/mol. The van der Waals surface area contributed by atoms with E-state index in [4.69, 9.17) is 4.74 Å². The van der Waals surface area contributed by atoms with Crippen LogP contribution >= 0.6 is 0 Å². The number of hydrogen-bond donors (Lipinski definition) is 2. The number of amides is 1. The van der Waals surface area contributed by atoms with Gasteiger partial charge in [0.05, 0.1) is 13.7 Å². The summed E-state index contributed by atoms with van der Waals surface area (Å²) >= 11 is 0. The Morgan fingerprint density at radius 1 is 1.47 bits per heavy atom. The molecule has 0 aliphatic heterocycles. The van der Waals surface area contributed by atoms with Crippen LogP contribution in [0.3, 0.4) is 0 Å². The summed E-state index contributed by atoms with van der Waals surface area (Å²) in [6.07, 6.45) is 2.24. The van der Waals surface area contributed by atoms with E-state index in [1.54, 1.807) is 7.11 Å². The smallest absolute Gasteiger partial charge is 0.234 e. The van der Waals surface area contributed by atoms with E-state index in [-0.39, 0.29) is 11.9 Å². The molecule has 104 valence electrons. The fourth-order valence-electron chi connectivity index (χ4n) is 2.04. The van der Waals surface area contributed by atoms with Gasteiger partial charge in [-0.3, -0.25) is 4.79 Å². The van der Waals surface area contributed by atoms with Gasteiger partial charge in [-0.25, -0.2) is 0 Å². The second-order valence-corrected chi connectivity index (χ2v) is 5.19. The molecule has 1 fully saturated rings. The Bertz CT molecular complexity index is 455. The van der Waals surface area contributed by atoms with E-state index in [2.05, 4.69) is 16.7 Å². The minimum absolute atomic E-state index is 0.0698. The summed E-state index contributed by atoms with van der Waals surface area (Å²) in [6, 6.07) is 6.61. The second kappa shape index (κ2) is 6.06. The third-order valence-electron chi connectivity index (χ3n) is 3.37. The lowest BCUT2D eigenvalue weighted by molar-refractivity contribution is -0.120. The van der Waals surface area contributed by atoms with Crippen LogP contribution in [-0.4, -0.2) is 25.6 Å². The zero-order valence-corrected chi connectivity index (χ0v) is 11.8. The molecule has 0 saturated heterocycles. The number of methoxy groups -OCH3 is 1. The summed E-state index contributed by atoms with van der Waals surface area (Å²) in [6.45, 7) is 4.42. The molecule has 2 N–H and O–H groups in total. The quantitative estimate of drug-likeness (QED) is 0.823. The highest BCUT2D eigenvalue weighted by Crippen LogP contribution is 2.26. The first-order valence-electron chi connectivity index (χ1n) is 6.77. The summed E-state index contributed by atoms with van der Waals surface area (Å²) in [7, 11) is 1.67. The van der Waals surface area contributed by atoms with Gasteiger partial charge in [-0.05, 0) is 38.3 Å². The lowest BCUT2D eigenvalue weighted by atomic mass is 10.0. The summed E-state index contributed by atoms with van der Waals surface area (Å²) in [4.78, 5) is 11.6. The molecule has 0 aromatic heterocycles. The van der Waals surface area contributed by atoms with Crippen molar-refractivity contribution in [2.75, 3.05) is 13.7 Å². The van der Waals surface area contributed by atoms with Gasteiger partial charge >= 0.3 is 0 Å². The number of carbonyl (C=O) groups is 1. The summed E-state index contributed by atoms with van der Waals surface area (Å²) < 4.78 is 5.39. The van der Waals surface area contributed by atoms with Gasteiger partial charge in [0, 0.05) is 17.6 Å². The summed E-state index contributed by atoms with van der Waals surface area (Å²) in [5.74, 6) is 0.933. The molecule has 0 heterocycles. The Hall–Kier alpha value is -1.55. The molecule has 1 amide bonds. The van der Waals surface area contributed by atoms with Gasteiger partial charge in [-0.15, -0.1) is 0 Å². The van der Waals surface area contributed by atoms with Gasteiger partial charge in [0.25, 0.3) is 0 Å². The van der Waals surface area contributed by atoms with E-state index in [1.165, 1.54) is 5.56 Å². The van der Waals surface area contributed by atoms with Crippen LogP contribution in [0.25, 0.3) is 0 Å². The summed E-state index contributed by atoms with van der Waals surface area (Å²) in [5.41, 5.74) is 2.24. The van der Waals surface area contributed by atoms with Crippen molar-refractivity contribution in [3.05, 3.63) is 29.3 Å². The van der Waals surface area contributed by atoms with Gasteiger partial charge in [-0.1, -0.05) is 12.1 Å². The molecular weight excluding hydrogens is 240 g/mol. The third kappa shape index (κ3) is 3.96. The highest BCUT2D eigenvalue weighted by Gasteiger charge is 2.23. The van der Waals surface area contributed by atoms with Crippen molar-refractivity contribution in [1.82, 2.24) is 10.6 Å². The average molecular weight is 262 g/mol.